The first-order valence-electron chi connectivity index (χ1n) is 8.43. The van der Waals surface area contributed by atoms with Gasteiger partial charge in [0.05, 0.1) is 7.11 Å². The summed E-state index contributed by atoms with van der Waals surface area (Å²) in [4.78, 5) is 0. The molecule has 1 aliphatic carbocycles. The van der Waals surface area contributed by atoms with Gasteiger partial charge in [0.2, 0.25) is 0 Å². The van der Waals surface area contributed by atoms with Crippen molar-refractivity contribution >= 4 is 0 Å². The van der Waals surface area contributed by atoms with Crippen LogP contribution in [-0.2, 0) is 0 Å². The van der Waals surface area contributed by atoms with Gasteiger partial charge in [0, 0.05) is 17.6 Å². The third-order valence-electron chi connectivity index (χ3n) is 4.99. The fraction of sp³-hybridized carbons (Fsp3) is 0.684. The number of aryl methyl sites for hydroxylation is 1. The molecular formula is C19H31NO. The van der Waals surface area contributed by atoms with Crippen molar-refractivity contribution in [2.75, 3.05) is 7.11 Å². The molecule has 1 aromatic rings. The molecule has 3 atom stereocenters. The van der Waals surface area contributed by atoms with E-state index in [-0.39, 0.29) is 0 Å². The van der Waals surface area contributed by atoms with Gasteiger partial charge in [-0.1, -0.05) is 44.4 Å². The number of benzene rings is 1. The van der Waals surface area contributed by atoms with Gasteiger partial charge in [-0.15, -0.1) is 0 Å². The van der Waals surface area contributed by atoms with Crippen LogP contribution in [0.3, 0.4) is 0 Å². The van der Waals surface area contributed by atoms with E-state index in [4.69, 9.17) is 4.74 Å². The van der Waals surface area contributed by atoms with Gasteiger partial charge < -0.3 is 10.1 Å². The van der Waals surface area contributed by atoms with E-state index in [1.807, 2.05) is 0 Å². The zero-order valence-electron chi connectivity index (χ0n) is 14.3. The predicted octanol–water partition coefficient (Wildman–Crippen LogP) is 4.87. The van der Waals surface area contributed by atoms with Gasteiger partial charge in [0.1, 0.15) is 5.75 Å². The molecule has 118 valence electrons. The Labute approximate surface area is 130 Å². The van der Waals surface area contributed by atoms with Crippen molar-refractivity contribution in [3.63, 3.8) is 0 Å². The summed E-state index contributed by atoms with van der Waals surface area (Å²) in [5, 5.41) is 3.89. The Morgan fingerprint density at radius 2 is 1.86 bits per heavy atom. The average molecular weight is 289 g/mol. The van der Waals surface area contributed by atoms with E-state index < -0.39 is 0 Å². The summed E-state index contributed by atoms with van der Waals surface area (Å²) < 4.78 is 5.54. The Kier molecular flexibility index (Phi) is 5.69. The van der Waals surface area contributed by atoms with E-state index >= 15 is 0 Å². The number of nitrogens with one attached hydrogen (secondary N) is 1. The minimum atomic E-state index is 0.337. The number of hydrogen-bond donors (Lipinski definition) is 1. The molecule has 0 radical (unpaired) electrons. The Hall–Kier alpha value is -1.02. The van der Waals surface area contributed by atoms with Crippen LogP contribution in [0.1, 0.15) is 63.6 Å². The lowest BCUT2D eigenvalue weighted by Gasteiger charge is -2.37. The first-order chi connectivity index (χ1) is 10.0. The van der Waals surface area contributed by atoms with Crippen LogP contribution < -0.4 is 10.1 Å². The summed E-state index contributed by atoms with van der Waals surface area (Å²) >= 11 is 0. The van der Waals surface area contributed by atoms with E-state index in [2.05, 4.69) is 51.2 Å². The number of hydrogen-bond acceptors (Lipinski definition) is 2. The van der Waals surface area contributed by atoms with Gasteiger partial charge in [0.15, 0.2) is 0 Å². The third kappa shape index (κ3) is 4.00. The molecule has 0 heterocycles. The third-order valence-corrected chi connectivity index (χ3v) is 4.99. The molecule has 0 aromatic heterocycles. The number of ether oxygens (including phenoxy) is 1. The van der Waals surface area contributed by atoms with Crippen LogP contribution in [0, 0.1) is 18.8 Å². The maximum atomic E-state index is 5.54. The zero-order chi connectivity index (χ0) is 15.4. The average Bonchev–Trinajstić information content (AvgIpc) is 2.47. The van der Waals surface area contributed by atoms with Crippen LogP contribution in [0.2, 0.25) is 0 Å². The van der Waals surface area contributed by atoms with E-state index in [9.17, 15) is 0 Å². The van der Waals surface area contributed by atoms with Gasteiger partial charge in [-0.2, -0.15) is 0 Å². The summed E-state index contributed by atoms with van der Waals surface area (Å²) in [6, 6.07) is 7.43. The normalized spacial score (nSPS) is 24.1. The highest BCUT2D eigenvalue weighted by Crippen LogP contribution is 2.33. The summed E-state index contributed by atoms with van der Waals surface area (Å²) in [7, 11) is 1.76. The molecule has 2 rings (SSSR count). The van der Waals surface area contributed by atoms with E-state index in [1.165, 1.54) is 36.8 Å². The summed E-state index contributed by atoms with van der Waals surface area (Å²) in [6.07, 6.45) is 5.43. The maximum Gasteiger partial charge on any atom is 0.123 e. The minimum Gasteiger partial charge on any atom is -0.496 e. The predicted molar refractivity (Wildman–Crippen MR) is 89.9 cm³/mol. The molecule has 0 amide bonds. The molecule has 1 saturated carbocycles. The molecule has 1 aromatic carbocycles. The lowest BCUT2D eigenvalue weighted by Crippen LogP contribution is -2.42. The van der Waals surface area contributed by atoms with Crippen LogP contribution in [0.5, 0.6) is 5.75 Å². The number of rotatable bonds is 5. The van der Waals surface area contributed by atoms with E-state index in [0.717, 1.165) is 17.6 Å². The fourth-order valence-electron chi connectivity index (χ4n) is 3.77. The first kappa shape index (κ1) is 16.4. The van der Waals surface area contributed by atoms with E-state index in [1.54, 1.807) is 7.11 Å². The van der Waals surface area contributed by atoms with Gasteiger partial charge >= 0.3 is 0 Å². The summed E-state index contributed by atoms with van der Waals surface area (Å²) in [5.74, 6) is 2.56. The van der Waals surface area contributed by atoms with Gasteiger partial charge in [-0.05, 0) is 44.6 Å². The zero-order valence-corrected chi connectivity index (χ0v) is 14.3. The molecule has 3 unspecified atom stereocenters. The highest BCUT2D eigenvalue weighted by atomic mass is 16.5. The van der Waals surface area contributed by atoms with Crippen molar-refractivity contribution in [2.24, 2.45) is 11.8 Å². The largest absolute Gasteiger partial charge is 0.496 e. The Balaban J connectivity index is 2.12. The molecule has 1 aliphatic rings. The molecule has 21 heavy (non-hydrogen) atoms. The minimum absolute atomic E-state index is 0.337. The van der Waals surface area contributed by atoms with Crippen molar-refractivity contribution in [1.82, 2.24) is 5.32 Å². The lowest BCUT2D eigenvalue weighted by molar-refractivity contribution is 0.194. The Morgan fingerprint density at radius 3 is 2.52 bits per heavy atom. The van der Waals surface area contributed by atoms with Crippen LogP contribution >= 0.6 is 0 Å². The Bertz CT molecular complexity index is 455. The lowest BCUT2D eigenvalue weighted by atomic mass is 9.77. The van der Waals surface area contributed by atoms with Crippen molar-refractivity contribution < 1.29 is 4.74 Å². The molecule has 0 aliphatic heterocycles. The molecule has 0 spiro atoms. The Morgan fingerprint density at radius 1 is 1.14 bits per heavy atom. The quantitative estimate of drug-likeness (QED) is 0.835. The van der Waals surface area contributed by atoms with Crippen molar-refractivity contribution in [3.05, 3.63) is 29.3 Å². The maximum absolute atomic E-state index is 5.54. The summed E-state index contributed by atoms with van der Waals surface area (Å²) in [5.41, 5.74) is 2.58. The van der Waals surface area contributed by atoms with Gasteiger partial charge in [-0.3, -0.25) is 0 Å². The summed E-state index contributed by atoms with van der Waals surface area (Å²) in [6.45, 7) is 9.14. The van der Waals surface area contributed by atoms with Gasteiger partial charge in [0.25, 0.3) is 0 Å². The number of methoxy groups -OCH3 is 1. The second-order valence-electron chi connectivity index (χ2n) is 6.93. The molecule has 0 saturated heterocycles. The van der Waals surface area contributed by atoms with Crippen molar-refractivity contribution in [3.8, 4) is 5.75 Å². The standard InChI is InChI=1S/C19H31NO/c1-13(2)16-8-6-7-9-18(16)20-15(4)17-12-14(3)10-11-19(17)21-5/h10-13,15-16,18,20H,6-9H2,1-5H3. The smallest absolute Gasteiger partial charge is 0.123 e. The van der Waals surface area contributed by atoms with Crippen LogP contribution in [0.25, 0.3) is 0 Å². The molecule has 1 fully saturated rings. The highest BCUT2D eigenvalue weighted by Gasteiger charge is 2.29. The molecule has 2 heteroatoms. The highest BCUT2D eigenvalue weighted by molar-refractivity contribution is 5.38. The molecular weight excluding hydrogens is 258 g/mol. The SMILES string of the molecule is COc1ccc(C)cc1C(C)NC1CCCCC1C(C)C. The molecule has 1 N–H and O–H groups in total. The first-order valence-corrected chi connectivity index (χ1v) is 8.43. The van der Waals surface area contributed by atoms with Crippen LogP contribution in [-0.4, -0.2) is 13.2 Å². The van der Waals surface area contributed by atoms with E-state index in [0.29, 0.717) is 12.1 Å². The van der Waals surface area contributed by atoms with Crippen molar-refractivity contribution in [2.45, 2.75) is 65.5 Å². The second kappa shape index (κ2) is 7.31. The monoisotopic (exact) mass is 289 g/mol. The van der Waals surface area contributed by atoms with Crippen LogP contribution in [0.15, 0.2) is 18.2 Å². The topological polar surface area (TPSA) is 21.3 Å². The molecule has 0 bridgehead atoms. The molecule has 2 nitrogen and oxygen atoms in total. The fourth-order valence-corrected chi connectivity index (χ4v) is 3.77. The van der Waals surface area contributed by atoms with Crippen LogP contribution in [0.4, 0.5) is 0 Å². The van der Waals surface area contributed by atoms with Crippen molar-refractivity contribution in [1.29, 1.82) is 0 Å². The van der Waals surface area contributed by atoms with Gasteiger partial charge in [-0.25, -0.2) is 0 Å². The second-order valence-corrected chi connectivity index (χ2v) is 6.93.